The first-order valence-corrected chi connectivity index (χ1v) is 18.8. The second-order valence-corrected chi connectivity index (χ2v) is 14.9. The number of hydrogen-bond donors (Lipinski definition) is 5. The van der Waals surface area contributed by atoms with Crippen molar-refractivity contribution in [2.75, 3.05) is 23.7 Å². The zero-order valence-corrected chi connectivity index (χ0v) is 30.4. The van der Waals surface area contributed by atoms with Crippen LogP contribution in [0.25, 0.3) is 11.0 Å². The van der Waals surface area contributed by atoms with Crippen molar-refractivity contribution >= 4 is 57.9 Å². The van der Waals surface area contributed by atoms with Crippen LogP contribution in [0.15, 0.2) is 60.2 Å². The van der Waals surface area contributed by atoms with Gasteiger partial charge in [-0.05, 0) is 88.4 Å². The Hall–Kier alpha value is -5.63. The van der Waals surface area contributed by atoms with Gasteiger partial charge in [0.2, 0.25) is 17.7 Å². The molecule has 282 valence electrons. The normalized spacial score (nSPS) is 22.8. The summed E-state index contributed by atoms with van der Waals surface area (Å²) in [5.41, 5.74) is 8.95. The number of aromatic amines is 1. The third-order valence-electron chi connectivity index (χ3n) is 11.2. The van der Waals surface area contributed by atoms with Gasteiger partial charge in [0.1, 0.15) is 11.9 Å². The lowest BCUT2D eigenvalue weighted by atomic mass is 9.73. The summed E-state index contributed by atoms with van der Waals surface area (Å²) in [7, 11) is 0. The smallest absolute Gasteiger partial charge is 0.262 e. The number of nitrogens with two attached hydrogens (primary N) is 1. The number of carbonyl (C=O) groups is 6. The highest BCUT2D eigenvalue weighted by Gasteiger charge is 2.44. The van der Waals surface area contributed by atoms with Gasteiger partial charge in [-0.1, -0.05) is 37.5 Å². The topological polar surface area (TPSA) is 200 Å². The average molecular weight is 735 g/mol. The third kappa shape index (κ3) is 7.56. The van der Waals surface area contributed by atoms with E-state index in [9.17, 15) is 28.8 Å². The van der Waals surface area contributed by atoms with Gasteiger partial charge in [-0.3, -0.25) is 43.9 Å². The fraction of sp³-hybridized carbons (Fsp3) is 0.425. The van der Waals surface area contributed by atoms with Crippen molar-refractivity contribution in [2.24, 2.45) is 11.1 Å². The molecule has 4 heterocycles. The molecule has 1 aliphatic carbocycles. The quantitative estimate of drug-likeness (QED) is 0.118. The number of amides is 6. The molecule has 6 N–H and O–H groups in total. The summed E-state index contributed by atoms with van der Waals surface area (Å²) in [5.74, 6) is -1.97. The van der Waals surface area contributed by atoms with Crippen LogP contribution in [0.4, 0.5) is 11.4 Å². The van der Waals surface area contributed by atoms with Crippen molar-refractivity contribution < 1.29 is 28.8 Å². The van der Waals surface area contributed by atoms with Crippen LogP contribution in [0.3, 0.4) is 0 Å². The molecule has 1 aromatic heterocycles. The number of aromatic nitrogens is 2. The van der Waals surface area contributed by atoms with Crippen molar-refractivity contribution in [2.45, 2.75) is 89.8 Å². The van der Waals surface area contributed by atoms with E-state index in [0.29, 0.717) is 36.0 Å². The van der Waals surface area contributed by atoms with E-state index in [1.165, 1.54) is 12.8 Å². The highest BCUT2D eigenvalue weighted by atomic mass is 16.2. The van der Waals surface area contributed by atoms with Gasteiger partial charge in [0.15, 0.2) is 0 Å². The molecule has 3 aliphatic heterocycles. The molecule has 3 atom stereocenters. The molecule has 0 saturated carbocycles. The molecule has 4 aliphatic rings. The monoisotopic (exact) mass is 734 g/mol. The summed E-state index contributed by atoms with van der Waals surface area (Å²) in [6.07, 6.45) is 11.9. The van der Waals surface area contributed by atoms with Gasteiger partial charge in [-0.15, -0.1) is 0 Å². The first-order chi connectivity index (χ1) is 26.0. The van der Waals surface area contributed by atoms with Crippen LogP contribution in [0.5, 0.6) is 0 Å². The number of rotatable bonds is 14. The molecule has 2 unspecified atom stereocenters. The number of fused-ring (bicyclic) bond motifs is 2. The largest absolute Gasteiger partial charge is 0.385 e. The maximum absolute atomic E-state index is 13.4. The SMILES string of the molecule is C[C@H]1CCCN1Cc1nc2ccc(NC(=O)C3=CC=CC(CCCCCCNc4ccc5c(c4)C(=O)N(C4CCC(=O)NC4=O)C5=O)(C(N)=O)C3)cc2[nH]1. The Balaban J connectivity index is 0.863. The van der Waals surface area contributed by atoms with Gasteiger partial charge in [-0.2, -0.15) is 0 Å². The van der Waals surface area contributed by atoms with E-state index in [-0.39, 0.29) is 36.3 Å². The van der Waals surface area contributed by atoms with E-state index >= 15 is 0 Å². The number of H-pyrrole nitrogens is 1. The minimum absolute atomic E-state index is 0.0660. The van der Waals surface area contributed by atoms with Crippen LogP contribution in [0, 0.1) is 5.41 Å². The maximum atomic E-state index is 13.4. The second-order valence-electron chi connectivity index (χ2n) is 14.9. The highest BCUT2D eigenvalue weighted by molar-refractivity contribution is 6.23. The number of carbonyl (C=O) groups excluding carboxylic acids is 6. The molecular weight excluding hydrogens is 688 g/mol. The molecule has 0 spiro atoms. The molecule has 6 amide bonds. The lowest BCUT2D eigenvalue weighted by molar-refractivity contribution is -0.136. The first-order valence-electron chi connectivity index (χ1n) is 18.8. The summed E-state index contributed by atoms with van der Waals surface area (Å²) < 4.78 is 0. The number of likely N-dealkylation sites (tertiary alicyclic amines) is 1. The summed E-state index contributed by atoms with van der Waals surface area (Å²) >= 11 is 0. The summed E-state index contributed by atoms with van der Waals surface area (Å²) in [5, 5.41) is 8.49. The molecule has 2 fully saturated rings. The van der Waals surface area contributed by atoms with Gasteiger partial charge < -0.3 is 21.4 Å². The number of allylic oxidation sites excluding steroid dienone is 2. The van der Waals surface area contributed by atoms with Gasteiger partial charge in [0.05, 0.1) is 34.1 Å². The van der Waals surface area contributed by atoms with Crippen molar-refractivity contribution in [3.63, 3.8) is 0 Å². The number of unbranched alkanes of at least 4 members (excludes halogenated alkanes) is 3. The first kappa shape index (κ1) is 36.7. The number of imide groups is 2. The Labute approximate surface area is 313 Å². The molecule has 2 aromatic carbocycles. The Morgan fingerprint density at radius 1 is 0.981 bits per heavy atom. The molecule has 14 heteroatoms. The Morgan fingerprint density at radius 2 is 1.78 bits per heavy atom. The highest BCUT2D eigenvalue weighted by Crippen LogP contribution is 2.37. The van der Waals surface area contributed by atoms with Crippen LogP contribution in [-0.4, -0.2) is 80.4 Å². The summed E-state index contributed by atoms with van der Waals surface area (Å²) in [4.78, 5) is 87.6. The van der Waals surface area contributed by atoms with Crippen molar-refractivity contribution in [1.82, 2.24) is 25.1 Å². The van der Waals surface area contributed by atoms with Gasteiger partial charge in [0, 0.05) is 36.0 Å². The van der Waals surface area contributed by atoms with Gasteiger partial charge in [-0.25, -0.2) is 4.98 Å². The van der Waals surface area contributed by atoms with Crippen molar-refractivity contribution in [1.29, 1.82) is 0 Å². The standard InChI is InChI=1S/C40H46N8O6/c1-24-8-7-19-47(24)23-33-44-30-13-11-27(21-31(30)45-33)43-35(50)25-9-6-17-40(22-25,39(41)54)16-4-2-3-5-18-42-26-10-12-28-29(20-26)38(53)48(37(28)52)32-14-15-34(49)46-36(32)51/h6,9-13,17,20-21,24,32,42H,2-5,7-8,14-16,18-19,22-23H2,1H3,(H2,41,54)(H,43,50)(H,44,45)(H,46,49,51)/t24-,32?,40?/m0/s1. The number of hydrogen-bond acceptors (Lipinski definition) is 9. The number of piperidine rings is 1. The molecule has 3 aromatic rings. The number of primary amides is 1. The van der Waals surface area contributed by atoms with E-state index < -0.39 is 41.0 Å². The van der Waals surface area contributed by atoms with Crippen LogP contribution in [-0.2, 0) is 25.7 Å². The predicted octanol–water partition coefficient (Wildman–Crippen LogP) is 4.31. The van der Waals surface area contributed by atoms with Gasteiger partial charge >= 0.3 is 0 Å². The van der Waals surface area contributed by atoms with Gasteiger partial charge in [0.25, 0.3) is 17.7 Å². The lowest BCUT2D eigenvalue weighted by Crippen LogP contribution is -2.54. The zero-order chi connectivity index (χ0) is 38.0. The number of benzene rings is 2. The van der Waals surface area contributed by atoms with Crippen LogP contribution in [0.2, 0.25) is 0 Å². The molecule has 0 bridgehead atoms. The number of nitrogens with one attached hydrogen (secondary N) is 4. The molecule has 7 rings (SSSR count). The average Bonchev–Trinajstić information content (AvgIpc) is 3.82. The van der Waals surface area contributed by atoms with Crippen LogP contribution in [0.1, 0.15) is 97.7 Å². The molecule has 2 saturated heterocycles. The minimum Gasteiger partial charge on any atom is -0.385 e. The van der Waals surface area contributed by atoms with Crippen LogP contribution >= 0.6 is 0 Å². The Morgan fingerprint density at radius 3 is 2.56 bits per heavy atom. The van der Waals surface area contributed by atoms with E-state index in [4.69, 9.17) is 10.7 Å². The number of anilines is 2. The van der Waals surface area contributed by atoms with E-state index in [1.54, 1.807) is 30.4 Å². The number of imidazole rings is 1. The van der Waals surface area contributed by atoms with Crippen molar-refractivity contribution in [3.8, 4) is 0 Å². The Kier molecular flexibility index (Phi) is 10.5. The third-order valence-corrected chi connectivity index (χ3v) is 11.2. The van der Waals surface area contributed by atoms with Crippen LogP contribution < -0.4 is 21.7 Å². The molecule has 0 radical (unpaired) electrons. The summed E-state index contributed by atoms with van der Waals surface area (Å²) in [6, 6.07) is 10.1. The fourth-order valence-corrected chi connectivity index (χ4v) is 8.01. The van der Waals surface area contributed by atoms with E-state index in [2.05, 4.69) is 32.8 Å². The fourth-order valence-electron chi connectivity index (χ4n) is 8.01. The predicted molar refractivity (Wildman–Crippen MR) is 202 cm³/mol. The minimum atomic E-state index is -1.00. The van der Waals surface area contributed by atoms with Crippen molar-refractivity contribution in [3.05, 3.63) is 77.2 Å². The zero-order valence-electron chi connectivity index (χ0n) is 30.4. The maximum Gasteiger partial charge on any atom is 0.262 e. The molecule has 14 nitrogen and oxygen atoms in total. The lowest BCUT2D eigenvalue weighted by Gasteiger charge is -2.30. The van der Waals surface area contributed by atoms with E-state index in [1.807, 2.05) is 24.3 Å². The van der Waals surface area contributed by atoms with E-state index in [0.717, 1.165) is 60.5 Å². The summed E-state index contributed by atoms with van der Waals surface area (Å²) in [6.45, 7) is 4.69. The molecular formula is C40H46N8O6. The Bertz CT molecular complexity index is 2090. The number of nitrogens with zero attached hydrogens (tertiary/aromatic N) is 3. The second kappa shape index (κ2) is 15.4. The molecule has 54 heavy (non-hydrogen) atoms.